The van der Waals surface area contributed by atoms with Crippen LogP contribution in [-0.4, -0.2) is 31.4 Å². The summed E-state index contributed by atoms with van der Waals surface area (Å²) in [5, 5.41) is 7.68. The molecule has 1 aromatic heterocycles. The quantitative estimate of drug-likeness (QED) is 0.0982. The van der Waals surface area contributed by atoms with Crippen molar-refractivity contribution in [3.05, 3.63) is 158 Å². The van der Waals surface area contributed by atoms with Crippen molar-refractivity contribution in [2.45, 2.75) is 6.92 Å². The van der Waals surface area contributed by atoms with Crippen molar-refractivity contribution in [2.24, 2.45) is 0 Å². The molecule has 7 aromatic rings. The highest BCUT2D eigenvalue weighted by Gasteiger charge is 2.20. The van der Waals surface area contributed by atoms with Gasteiger partial charge in [-0.25, -0.2) is 0 Å². The molecule has 0 saturated carbocycles. The van der Waals surface area contributed by atoms with Crippen LogP contribution in [0, 0.1) is 0 Å². The summed E-state index contributed by atoms with van der Waals surface area (Å²) in [5.41, 5.74) is 15.0. The van der Waals surface area contributed by atoms with Gasteiger partial charge < -0.3 is 0 Å². The molecule has 0 aliphatic rings. The van der Waals surface area contributed by atoms with Gasteiger partial charge in [0.1, 0.15) is 31.4 Å². The first-order valence-corrected chi connectivity index (χ1v) is 18.0. The average molecular weight is 654 g/mol. The minimum Gasteiger partial charge on any atom is -0.136 e. The molecule has 6 aromatic carbocycles. The molecule has 0 aliphatic carbocycles. The van der Waals surface area contributed by atoms with E-state index in [0.717, 1.165) is 5.57 Å². The molecule has 0 amide bonds. The van der Waals surface area contributed by atoms with Crippen LogP contribution in [0.5, 0.6) is 0 Å². The molecule has 0 bridgehead atoms. The van der Waals surface area contributed by atoms with E-state index < -0.39 is 0 Å². The smallest absolute Gasteiger partial charge is 0.136 e. The average Bonchev–Trinajstić information content (AvgIpc) is 3.52. The number of rotatable bonds is 8. The third-order valence-corrected chi connectivity index (χ3v) is 11.5. The summed E-state index contributed by atoms with van der Waals surface area (Å²) in [6, 6.07) is 31.6. The third kappa shape index (κ3) is 5.56. The van der Waals surface area contributed by atoms with E-state index >= 15 is 0 Å². The minimum atomic E-state index is 0.990. The first-order valence-electron chi connectivity index (χ1n) is 17.2. The molecule has 5 heteroatoms. The second kappa shape index (κ2) is 13.6. The van der Waals surface area contributed by atoms with E-state index in [1.54, 1.807) is 0 Å². The van der Waals surface area contributed by atoms with E-state index in [0.29, 0.717) is 0 Å². The standard InChI is InChI=1S/C45H38B4S/c1-5-7-9-14-26(3)30-23-24-33-36(25-30)50-45-41(33)43(48)42(47)39(44(45)49)29-21-19-28(20-22-29)38-32-16-11-10-15-31(32)37(27(4)13-8-6-2)40-34(38)17-12-18-35(40)46/h5-25H,1-2,4,46-49H2,3H3/b9-7-,13-8-,26-14+. The molecule has 0 N–H and O–H groups in total. The molecular formula is C45H38B4S. The molecule has 0 nitrogen and oxygen atoms in total. The Morgan fingerprint density at radius 2 is 1.32 bits per heavy atom. The minimum absolute atomic E-state index is 0.990. The van der Waals surface area contributed by atoms with E-state index in [2.05, 4.69) is 155 Å². The molecule has 0 fully saturated rings. The van der Waals surface area contributed by atoms with Gasteiger partial charge in [0.15, 0.2) is 0 Å². The topological polar surface area (TPSA) is 0 Å². The summed E-state index contributed by atoms with van der Waals surface area (Å²) in [5.74, 6) is 0. The number of hydrogen-bond donors (Lipinski definition) is 0. The van der Waals surface area contributed by atoms with Crippen LogP contribution >= 0.6 is 11.3 Å². The molecule has 0 saturated heterocycles. The Morgan fingerprint density at radius 1 is 0.640 bits per heavy atom. The summed E-state index contributed by atoms with van der Waals surface area (Å²) in [6.45, 7) is 14.3. The lowest BCUT2D eigenvalue weighted by Crippen LogP contribution is -2.33. The maximum Gasteiger partial charge on any atom is 0.141 e. The Hall–Kier alpha value is -5.24. The molecule has 7 rings (SSSR count). The van der Waals surface area contributed by atoms with Gasteiger partial charge in [0, 0.05) is 9.40 Å². The zero-order chi connectivity index (χ0) is 35.1. The first-order chi connectivity index (χ1) is 24.2. The van der Waals surface area contributed by atoms with Crippen molar-refractivity contribution in [2.75, 3.05) is 0 Å². The fraction of sp³-hybridized carbons (Fsp3) is 0.0222. The number of thiophene rings is 1. The SMILES string of the molecule is Bc1c(-c2ccc(-c3c4ccccc4c(C(=C)/C=C\C=C)c4c(B)cccc34)cc2)c(B)c2sc3cc(/C(C)=C/C=C\C=C)ccc3c2c1B. The second-order valence-electron chi connectivity index (χ2n) is 13.2. The number of benzene rings is 6. The predicted molar refractivity (Wildman–Crippen MR) is 239 cm³/mol. The van der Waals surface area contributed by atoms with E-state index in [-0.39, 0.29) is 0 Å². The molecule has 236 valence electrons. The van der Waals surface area contributed by atoms with E-state index in [9.17, 15) is 0 Å². The van der Waals surface area contributed by atoms with Crippen molar-refractivity contribution in [3.8, 4) is 22.3 Å². The van der Waals surface area contributed by atoms with Crippen molar-refractivity contribution < 1.29 is 0 Å². The molecular weight excluding hydrogens is 616 g/mol. The van der Waals surface area contributed by atoms with Crippen LogP contribution in [-0.2, 0) is 0 Å². The van der Waals surface area contributed by atoms with Gasteiger partial charge in [-0.2, -0.15) is 0 Å². The van der Waals surface area contributed by atoms with Crippen LogP contribution in [0.4, 0.5) is 0 Å². The lowest BCUT2D eigenvalue weighted by molar-refractivity contribution is 1.62. The van der Waals surface area contributed by atoms with Crippen LogP contribution in [0.25, 0.3) is 75.1 Å². The summed E-state index contributed by atoms with van der Waals surface area (Å²) in [7, 11) is 9.09. The largest absolute Gasteiger partial charge is 0.141 e. The third-order valence-electron chi connectivity index (χ3n) is 10.2. The van der Waals surface area contributed by atoms with Gasteiger partial charge in [-0.1, -0.05) is 163 Å². The lowest BCUT2D eigenvalue weighted by atomic mass is 9.69. The summed E-state index contributed by atoms with van der Waals surface area (Å²) >= 11 is 1.91. The molecule has 0 radical (unpaired) electrons. The fourth-order valence-corrected chi connectivity index (χ4v) is 8.98. The highest BCUT2D eigenvalue weighted by atomic mass is 32.1. The van der Waals surface area contributed by atoms with Crippen LogP contribution in [0.1, 0.15) is 18.1 Å². The Balaban J connectivity index is 1.38. The second-order valence-corrected chi connectivity index (χ2v) is 14.3. The van der Waals surface area contributed by atoms with Gasteiger partial charge in [-0.3, -0.25) is 0 Å². The van der Waals surface area contributed by atoms with Crippen LogP contribution < -0.4 is 21.9 Å². The lowest BCUT2D eigenvalue weighted by Gasteiger charge is -2.20. The highest BCUT2D eigenvalue weighted by molar-refractivity contribution is 7.27. The highest BCUT2D eigenvalue weighted by Crippen LogP contribution is 2.42. The van der Waals surface area contributed by atoms with Crippen molar-refractivity contribution >= 4 is 117 Å². The zero-order valence-corrected chi connectivity index (χ0v) is 30.5. The summed E-state index contributed by atoms with van der Waals surface area (Å²) < 4.78 is 2.71. The Kier molecular flexibility index (Phi) is 9.03. The van der Waals surface area contributed by atoms with Gasteiger partial charge in [0.2, 0.25) is 0 Å². The molecule has 0 aliphatic heterocycles. The van der Waals surface area contributed by atoms with Crippen LogP contribution in [0.3, 0.4) is 0 Å². The Labute approximate surface area is 303 Å². The van der Waals surface area contributed by atoms with Gasteiger partial charge in [0.05, 0.1) is 0 Å². The zero-order valence-electron chi connectivity index (χ0n) is 29.7. The van der Waals surface area contributed by atoms with E-state index in [1.807, 2.05) is 41.7 Å². The number of fused-ring (bicyclic) bond motifs is 5. The van der Waals surface area contributed by atoms with Crippen molar-refractivity contribution in [1.82, 2.24) is 0 Å². The number of allylic oxidation sites excluding steroid dienone is 9. The van der Waals surface area contributed by atoms with E-state index in [4.69, 9.17) is 0 Å². The Morgan fingerprint density at radius 3 is 2.04 bits per heavy atom. The maximum absolute atomic E-state index is 4.49. The van der Waals surface area contributed by atoms with Gasteiger partial charge in [0.25, 0.3) is 0 Å². The van der Waals surface area contributed by atoms with Gasteiger partial charge >= 0.3 is 0 Å². The molecule has 1 heterocycles. The monoisotopic (exact) mass is 654 g/mol. The van der Waals surface area contributed by atoms with E-state index in [1.165, 1.54) is 103 Å². The molecule has 50 heavy (non-hydrogen) atoms. The molecule has 0 unspecified atom stereocenters. The summed E-state index contributed by atoms with van der Waals surface area (Å²) in [6.07, 6.45) is 13.8. The van der Waals surface area contributed by atoms with Crippen LogP contribution in [0.15, 0.2) is 147 Å². The molecule has 0 atom stereocenters. The van der Waals surface area contributed by atoms with Gasteiger partial charge in [-0.05, 0) is 89.8 Å². The van der Waals surface area contributed by atoms with Crippen molar-refractivity contribution in [1.29, 1.82) is 0 Å². The molecule has 0 spiro atoms. The fourth-order valence-electron chi connectivity index (χ4n) is 7.68. The van der Waals surface area contributed by atoms with Gasteiger partial charge in [-0.15, -0.1) is 11.3 Å². The van der Waals surface area contributed by atoms with Crippen molar-refractivity contribution in [3.63, 3.8) is 0 Å². The first kappa shape index (κ1) is 33.3. The Bertz CT molecular complexity index is 2630. The summed E-state index contributed by atoms with van der Waals surface area (Å²) in [4.78, 5) is 0. The van der Waals surface area contributed by atoms with Crippen LogP contribution in [0.2, 0.25) is 0 Å². The number of hydrogen-bond acceptors (Lipinski definition) is 1. The maximum atomic E-state index is 4.49. The predicted octanol–water partition coefficient (Wildman–Crippen LogP) is 6.63. The normalized spacial score (nSPS) is 12.2.